The lowest BCUT2D eigenvalue weighted by atomic mass is 10.0. The average Bonchev–Trinajstić information content (AvgIpc) is 3.22. The number of halogens is 2. The van der Waals surface area contributed by atoms with Gasteiger partial charge in [-0.1, -0.05) is 24.3 Å². The highest BCUT2D eigenvalue weighted by molar-refractivity contribution is 14.1. The lowest BCUT2D eigenvalue weighted by molar-refractivity contribution is 0.00457. The zero-order valence-corrected chi connectivity index (χ0v) is 16.9. The number of hydrogen-bond donors (Lipinski definition) is 1. The molecule has 1 N–H and O–H groups in total. The number of benzene rings is 2. The Bertz CT molecular complexity index is 1190. The highest BCUT2D eigenvalue weighted by atomic mass is 127. The standard InChI is InChI=1S/C21H16FIN4O/c22-18-9-14(13-5-6-19-17(8-13)12-27(23)25-19)3-4-15(18)10-26-11-16-2-1-7-24-20(16)21(26)28/h1-9,12,21,28H,10-11H2. The molecule has 0 amide bonds. The molecular formula is C21H16FIN4O. The number of aliphatic hydroxyl groups is 1. The number of fused-ring (bicyclic) bond motifs is 2. The van der Waals surface area contributed by atoms with Gasteiger partial charge in [-0.25, -0.2) is 7.29 Å². The van der Waals surface area contributed by atoms with Crippen LogP contribution in [0.1, 0.15) is 23.0 Å². The minimum atomic E-state index is -0.803. The number of hydrogen-bond acceptors (Lipinski definition) is 4. The van der Waals surface area contributed by atoms with Crippen molar-refractivity contribution in [2.45, 2.75) is 19.3 Å². The summed E-state index contributed by atoms with van der Waals surface area (Å²) in [5.41, 5.74) is 4.86. The van der Waals surface area contributed by atoms with Crippen molar-refractivity contribution in [2.24, 2.45) is 0 Å². The topological polar surface area (TPSA) is 54.2 Å². The predicted octanol–water partition coefficient (Wildman–Crippen LogP) is 4.44. The summed E-state index contributed by atoms with van der Waals surface area (Å²) in [5.74, 6) is -0.279. The van der Waals surface area contributed by atoms with Crippen molar-refractivity contribution in [3.8, 4) is 11.1 Å². The summed E-state index contributed by atoms with van der Waals surface area (Å²) in [6.45, 7) is 0.882. The van der Waals surface area contributed by atoms with Crippen molar-refractivity contribution in [1.29, 1.82) is 0 Å². The fourth-order valence-electron chi connectivity index (χ4n) is 3.69. The fraction of sp³-hybridized carbons (Fsp3) is 0.143. The quantitative estimate of drug-likeness (QED) is 0.435. The van der Waals surface area contributed by atoms with Crippen LogP contribution in [0.15, 0.2) is 60.9 Å². The summed E-state index contributed by atoms with van der Waals surface area (Å²) in [6, 6.07) is 15.0. The Morgan fingerprint density at radius 2 is 1.96 bits per heavy atom. The van der Waals surface area contributed by atoms with E-state index < -0.39 is 6.23 Å². The van der Waals surface area contributed by atoms with Gasteiger partial charge in [0.25, 0.3) is 0 Å². The number of aromatic nitrogens is 3. The summed E-state index contributed by atoms with van der Waals surface area (Å²) in [7, 11) is 0. The molecule has 5 rings (SSSR count). The Balaban J connectivity index is 1.40. The van der Waals surface area contributed by atoms with E-state index in [4.69, 9.17) is 0 Å². The maximum absolute atomic E-state index is 14.8. The smallest absolute Gasteiger partial charge is 0.151 e. The molecule has 0 bridgehead atoms. The molecule has 5 nitrogen and oxygen atoms in total. The Morgan fingerprint density at radius 3 is 2.79 bits per heavy atom. The number of rotatable bonds is 3. The predicted molar refractivity (Wildman–Crippen MR) is 113 cm³/mol. The molecule has 2 aromatic heterocycles. The second-order valence-corrected chi connectivity index (χ2v) is 7.91. The maximum atomic E-state index is 14.8. The molecule has 4 aromatic rings. The Hall–Kier alpha value is -2.36. The van der Waals surface area contributed by atoms with Gasteiger partial charge >= 0.3 is 0 Å². The van der Waals surface area contributed by atoms with Crippen LogP contribution in [0.25, 0.3) is 22.0 Å². The van der Waals surface area contributed by atoms with Crippen molar-refractivity contribution >= 4 is 33.8 Å². The van der Waals surface area contributed by atoms with E-state index in [0.29, 0.717) is 24.3 Å². The molecule has 0 radical (unpaired) electrons. The van der Waals surface area contributed by atoms with E-state index in [9.17, 15) is 9.50 Å². The first kappa shape index (κ1) is 17.7. The molecule has 2 aromatic carbocycles. The minimum Gasteiger partial charge on any atom is -0.372 e. The first-order valence-corrected chi connectivity index (χ1v) is 9.85. The van der Waals surface area contributed by atoms with Gasteiger partial charge in [0.1, 0.15) is 5.82 Å². The van der Waals surface area contributed by atoms with E-state index >= 15 is 0 Å². The Kier molecular flexibility index (Phi) is 4.37. The molecule has 28 heavy (non-hydrogen) atoms. The molecule has 0 aliphatic carbocycles. The van der Waals surface area contributed by atoms with Gasteiger partial charge in [0, 0.05) is 36.4 Å². The summed E-state index contributed by atoms with van der Waals surface area (Å²) in [5, 5.41) is 15.8. The first-order valence-electron chi connectivity index (χ1n) is 8.89. The monoisotopic (exact) mass is 486 g/mol. The van der Waals surface area contributed by atoms with Gasteiger partial charge in [0.2, 0.25) is 0 Å². The van der Waals surface area contributed by atoms with Crippen LogP contribution in [0.3, 0.4) is 0 Å². The van der Waals surface area contributed by atoms with Crippen LogP contribution in [-0.2, 0) is 13.1 Å². The Labute approximate surface area is 174 Å². The van der Waals surface area contributed by atoms with Crippen molar-refractivity contribution in [3.05, 3.63) is 83.6 Å². The van der Waals surface area contributed by atoms with Crippen LogP contribution >= 0.6 is 22.9 Å². The third kappa shape index (κ3) is 3.09. The molecule has 1 aliphatic heterocycles. The lowest BCUT2D eigenvalue weighted by Crippen LogP contribution is -2.22. The van der Waals surface area contributed by atoms with Crippen molar-refractivity contribution < 1.29 is 9.50 Å². The summed E-state index contributed by atoms with van der Waals surface area (Å²) < 4.78 is 16.6. The van der Waals surface area contributed by atoms with Crippen LogP contribution in [-0.4, -0.2) is 23.0 Å². The van der Waals surface area contributed by atoms with Gasteiger partial charge in [0.15, 0.2) is 6.23 Å². The van der Waals surface area contributed by atoms with Gasteiger partial charge in [-0.2, -0.15) is 5.10 Å². The van der Waals surface area contributed by atoms with E-state index in [2.05, 4.69) is 32.9 Å². The zero-order chi connectivity index (χ0) is 19.3. The van der Waals surface area contributed by atoms with E-state index in [-0.39, 0.29) is 5.82 Å². The van der Waals surface area contributed by atoms with Crippen LogP contribution in [0.2, 0.25) is 0 Å². The molecule has 1 aliphatic rings. The minimum absolute atomic E-state index is 0.279. The Morgan fingerprint density at radius 1 is 1.14 bits per heavy atom. The van der Waals surface area contributed by atoms with E-state index in [0.717, 1.165) is 27.6 Å². The average molecular weight is 486 g/mol. The molecule has 140 valence electrons. The first-order chi connectivity index (χ1) is 13.6. The second kappa shape index (κ2) is 6.91. The second-order valence-electron chi connectivity index (χ2n) is 6.92. The van der Waals surface area contributed by atoms with Crippen LogP contribution in [0, 0.1) is 5.82 Å². The molecule has 0 saturated heterocycles. The van der Waals surface area contributed by atoms with Gasteiger partial charge in [-0.05, 0) is 41.0 Å². The lowest BCUT2D eigenvalue weighted by Gasteiger charge is -2.20. The van der Waals surface area contributed by atoms with Crippen LogP contribution in [0.4, 0.5) is 4.39 Å². The van der Waals surface area contributed by atoms with Gasteiger partial charge < -0.3 is 5.11 Å². The van der Waals surface area contributed by atoms with Crippen LogP contribution in [0.5, 0.6) is 0 Å². The van der Waals surface area contributed by atoms with Gasteiger partial charge in [-0.15, -0.1) is 0 Å². The van der Waals surface area contributed by atoms with Gasteiger partial charge in [0.05, 0.1) is 34.1 Å². The third-order valence-electron chi connectivity index (χ3n) is 5.13. The normalized spacial score (nSPS) is 16.6. The highest BCUT2D eigenvalue weighted by Gasteiger charge is 2.29. The molecule has 1 unspecified atom stereocenters. The highest BCUT2D eigenvalue weighted by Crippen LogP contribution is 2.32. The molecule has 7 heteroatoms. The molecule has 0 fully saturated rings. The van der Waals surface area contributed by atoms with E-state index in [1.165, 1.54) is 0 Å². The number of pyridine rings is 1. The summed E-state index contributed by atoms with van der Waals surface area (Å²) in [6.07, 6.45) is 2.80. The molecule has 1 atom stereocenters. The molecule has 3 heterocycles. The fourth-order valence-corrected chi connectivity index (χ4v) is 4.22. The van der Waals surface area contributed by atoms with E-state index in [1.807, 2.05) is 47.5 Å². The summed E-state index contributed by atoms with van der Waals surface area (Å²) in [4.78, 5) is 6.06. The zero-order valence-electron chi connectivity index (χ0n) is 14.8. The largest absolute Gasteiger partial charge is 0.372 e. The SMILES string of the molecule is OC1c2ncccc2CN1Cc1ccc(-c2ccc3nn(I)cc3c2)cc1F. The van der Waals surface area contributed by atoms with Crippen molar-refractivity contribution in [1.82, 2.24) is 17.9 Å². The van der Waals surface area contributed by atoms with Crippen molar-refractivity contribution in [3.63, 3.8) is 0 Å². The van der Waals surface area contributed by atoms with E-state index in [1.54, 1.807) is 21.2 Å². The molecule has 0 spiro atoms. The maximum Gasteiger partial charge on any atom is 0.151 e. The third-order valence-corrected chi connectivity index (χ3v) is 5.62. The van der Waals surface area contributed by atoms with Crippen LogP contribution < -0.4 is 0 Å². The van der Waals surface area contributed by atoms with Gasteiger partial charge in [-0.3, -0.25) is 9.88 Å². The number of nitrogens with zero attached hydrogens (tertiary/aromatic N) is 4. The molecular weight excluding hydrogens is 470 g/mol. The summed E-state index contributed by atoms with van der Waals surface area (Å²) >= 11 is 2.11. The molecule has 0 saturated carbocycles. The number of aliphatic hydroxyl groups excluding tert-OH is 1. The van der Waals surface area contributed by atoms with Crippen molar-refractivity contribution in [2.75, 3.05) is 0 Å².